The molecular formula is C15H19ClN6O. The van der Waals surface area contributed by atoms with Gasteiger partial charge in [-0.2, -0.15) is 5.10 Å². The van der Waals surface area contributed by atoms with E-state index in [9.17, 15) is 4.79 Å². The lowest BCUT2D eigenvalue weighted by atomic mass is 10.2. The first-order valence-corrected chi connectivity index (χ1v) is 7.88. The van der Waals surface area contributed by atoms with Crippen molar-refractivity contribution in [3.05, 3.63) is 41.4 Å². The minimum absolute atomic E-state index is 0.0868. The van der Waals surface area contributed by atoms with E-state index in [1.165, 1.54) is 0 Å². The number of halogens is 1. The van der Waals surface area contributed by atoms with E-state index in [1.54, 1.807) is 23.0 Å². The van der Waals surface area contributed by atoms with Crippen molar-refractivity contribution in [3.8, 4) is 0 Å². The number of benzene rings is 1. The van der Waals surface area contributed by atoms with Gasteiger partial charge in [0.2, 0.25) is 0 Å². The Balaban J connectivity index is 1.50. The lowest BCUT2D eigenvalue weighted by Crippen LogP contribution is -2.51. The smallest absolute Gasteiger partial charge is 0.317 e. The molecular weight excluding hydrogens is 316 g/mol. The summed E-state index contributed by atoms with van der Waals surface area (Å²) in [6.45, 7) is 3.18. The Labute approximate surface area is 139 Å². The minimum atomic E-state index is -0.0868. The zero-order chi connectivity index (χ0) is 16.2. The van der Waals surface area contributed by atoms with Crippen LogP contribution in [0.1, 0.15) is 5.82 Å². The number of hydrogen-bond acceptors (Lipinski definition) is 4. The number of hydrogen-bond donors (Lipinski definition) is 1. The summed E-state index contributed by atoms with van der Waals surface area (Å²) < 4.78 is 1.61. The van der Waals surface area contributed by atoms with Gasteiger partial charge < -0.3 is 15.1 Å². The molecule has 122 valence electrons. The Morgan fingerprint density at radius 1 is 1.26 bits per heavy atom. The van der Waals surface area contributed by atoms with E-state index in [4.69, 9.17) is 11.6 Å². The second-order valence-electron chi connectivity index (χ2n) is 5.42. The van der Waals surface area contributed by atoms with Crippen molar-refractivity contribution < 1.29 is 4.79 Å². The fourth-order valence-electron chi connectivity index (χ4n) is 2.59. The number of para-hydroxylation sites is 1. The minimum Gasteiger partial charge on any atom is -0.367 e. The van der Waals surface area contributed by atoms with Gasteiger partial charge in [-0.3, -0.25) is 4.68 Å². The molecule has 0 atom stereocenters. The molecule has 0 bridgehead atoms. The van der Waals surface area contributed by atoms with Crippen LogP contribution in [-0.2, 0) is 13.6 Å². The van der Waals surface area contributed by atoms with Crippen molar-refractivity contribution in [1.29, 1.82) is 0 Å². The second-order valence-corrected chi connectivity index (χ2v) is 5.83. The monoisotopic (exact) mass is 334 g/mol. The molecule has 3 rings (SSSR count). The number of aromatic nitrogens is 3. The highest BCUT2D eigenvalue weighted by Gasteiger charge is 2.22. The number of amides is 2. The van der Waals surface area contributed by atoms with Crippen molar-refractivity contribution in [2.24, 2.45) is 7.05 Å². The first-order valence-electron chi connectivity index (χ1n) is 7.50. The Morgan fingerprint density at radius 3 is 2.65 bits per heavy atom. The fraction of sp³-hybridized carbons (Fsp3) is 0.400. The van der Waals surface area contributed by atoms with Crippen LogP contribution in [0.4, 0.5) is 10.5 Å². The maximum Gasteiger partial charge on any atom is 0.317 e. The van der Waals surface area contributed by atoms with Gasteiger partial charge in [0.25, 0.3) is 0 Å². The van der Waals surface area contributed by atoms with Crippen molar-refractivity contribution in [2.45, 2.75) is 6.54 Å². The number of aryl methyl sites for hydroxylation is 1. The fourth-order valence-corrected chi connectivity index (χ4v) is 2.85. The topological polar surface area (TPSA) is 66.3 Å². The van der Waals surface area contributed by atoms with E-state index >= 15 is 0 Å². The number of anilines is 1. The van der Waals surface area contributed by atoms with Gasteiger partial charge in [0.15, 0.2) is 5.82 Å². The van der Waals surface area contributed by atoms with Crippen LogP contribution in [0, 0.1) is 0 Å². The van der Waals surface area contributed by atoms with Gasteiger partial charge in [-0.25, -0.2) is 9.78 Å². The van der Waals surface area contributed by atoms with Crippen molar-refractivity contribution in [3.63, 3.8) is 0 Å². The predicted molar refractivity (Wildman–Crippen MR) is 88.5 cm³/mol. The highest BCUT2D eigenvalue weighted by molar-refractivity contribution is 6.33. The van der Waals surface area contributed by atoms with E-state index in [-0.39, 0.29) is 6.03 Å². The largest absolute Gasteiger partial charge is 0.367 e. The first-order chi connectivity index (χ1) is 11.1. The molecule has 1 saturated heterocycles. The van der Waals surface area contributed by atoms with Gasteiger partial charge >= 0.3 is 6.03 Å². The second kappa shape index (κ2) is 6.87. The van der Waals surface area contributed by atoms with E-state index in [1.807, 2.05) is 24.3 Å². The third-order valence-corrected chi connectivity index (χ3v) is 4.12. The molecule has 0 aliphatic carbocycles. The van der Waals surface area contributed by atoms with Crippen molar-refractivity contribution >= 4 is 23.3 Å². The molecule has 2 heterocycles. The molecule has 1 fully saturated rings. The van der Waals surface area contributed by atoms with Crippen LogP contribution in [0.3, 0.4) is 0 Å². The van der Waals surface area contributed by atoms with Gasteiger partial charge in [-0.1, -0.05) is 23.7 Å². The number of carbonyl (C=O) groups excluding carboxylic acids is 1. The maximum atomic E-state index is 12.2. The molecule has 0 spiro atoms. The third kappa shape index (κ3) is 3.73. The molecule has 2 amide bonds. The van der Waals surface area contributed by atoms with Crippen molar-refractivity contribution in [1.82, 2.24) is 25.0 Å². The molecule has 2 aromatic rings. The highest BCUT2D eigenvalue weighted by Crippen LogP contribution is 2.25. The molecule has 1 N–H and O–H groups in total. The van der Waals surface area contributed by atoms with Gasteiger partial charge in [-0.05, 0) is 12.1 Å². The summed E-state index contributed by atoms with van der Waals surface area (Å²) in [5, 5.41) is 7.73. The molecule has 0 radical (unpaired) electrons. The molecule has 0 unspecified atom stereocenters. The van der Waals surface area contributed by atoms with Crippen molar-refractivity contribution in [2.75, 3.05) is 31.1 Å². The van der Waals surface area contributed by atoms with E-state index < -0.39 is 0 Å². The van der Waals surface area contributed by atoms with Crippen LogP contribution in [0.5, 0.6) is 0 Å². The maximum absolute atomic E-state index is 12.2. The molecule has 1 aliphatic rings. The number of urea groups is 1. The number of nitrogens with one attached hydrogen (secondary N) is 1. The molecule has 23 heavy (non-hydrogen) atoms. The average Bonchev–Trinajstić information content (AvgIpc) is 2.99. The summed E-state index contributed by atoms with van der Waals surface area (Å²) in [6, 6.07) is 7.69. The normalized spacial score (nSPS) is 14.9. The van der Waals surface area contributed by atoms with Crippen LogP contribution in [-0.4, -0.2) is 51.9 Å². The summed E-state index contributed by atoms with van der Waals surface area (Å²) in [4.78, 5) is 20.3. The Bertz CT molecular complexity index is 680. The Hall–Kier alpha value is -2.28. The lowest BCUT2D eigenvalue weighted by Gasteiger charge is -2.36. The summed E-state index contributed by atoms with van der Waals surface area (Å²) in [6.07, 6.45) is 1.61. The quantitative estimate of drug-likeness (QED) is 0.923. The third-order valence-electron chi connectivity index (χ3n) is 3.80. The highest BCUT2D eigenvalue weighted by atomic mass is 35.5. The molecule has 8 heteroatoms. The zero-order valence-electron chi connectivity index (χ0n) is 12.9. The number of piperazine rings is 1. The summed E-state index contributed by atoms with van der Waals surface area (Å²) >= 11 is 6.23. The standard InChI is InChI=1S/C15H19ClN6O/c1-20-11-18-14(19-20)10-17-15(23)22-8-6-21(7-9-22)13-5-3-2-4-12(13)16/h2-5,11H,6-10H2,1H3,(H,17,23). The van der Waals surface area contributed by atoms with E-state index in [0.717, 1.165) is 23.8 Å². The van der Waals surface area contributed by atoms with Crippen LogP contribution >= 0.6 is 11.6 Å². The van der Waals surface area contributed by atoms with Gasteiger partial charge in [0.1, 0.15) is 6.33 Å². The number of carbonyl (C=O) groups is 1. The molecule has 1 aromatic carbocycles. The van der Waals surface area contributed by atoms with Crippen LogP contribution in [0.15, 0.2) is 30.6 Å². The zero-order valence-corrected chi connectivity index (χ0v) is 13.7. The predicted octanol–water partition coefficient (Wildman–Crippen LogP) is 1.50. The summed E-state index contributed by atoms with van der Waals surface area (Å²) in [5.74, 6) is 0.607. The molecule has 1 aromatic heterocycles. The van der Waals surface area contributed by atoms with Crippen LogP contribution in [0.2, 0.25) is 5.02 Å². The Kier molecular flexibility index (Phi) is 4.66. The van der Waals surface area contributed by atoms with Crippen LogP contribution in [0.25, 0.3) is 0 Å². The van der Waals surface area contributed by atoms with E-state index in [2.05, 4.69) is 20.3 Å². The van der Waals surface area contributed by atoms with Gasteiger partial charge in [-0.15, -0.1) is 0 Å². The van der Waals surface area contributed by atoms with Crippen LogP contribution < -0.4 is 10.2 Å². The summed E-state index contributed by atoms with van der Waals surface area (Å²) in [7, 11) is 1.80. The molecule has 1 aliphatic heterocycles. The molecule has 7 nitrogen and oxygen atoms in total. The Morgan fingerprint density at radius 2 is 2.00 bits per heavy atom. The molecule has 0 saturated carbocycles. The van der Waals surface area contributed by atoms with Gasteiger partial charge in [0, 0.05) is 33.2 Å². The summed E-state index contributed by atoms with van der Waals surface area (Å²) in [5.41, 5.74) is 1.02. The van der Waals surface area contributed by atoms with E-state index in [0.29, 0.717) is 25.5 Å². The lowest BCUT2D eigenvalue weighted by molar-refractivity contribution is 0.193. The number of nitrogens with zero attached hydrogens (tertiary/aromatic N) is 5. The average molecular weight is 335 g/mol. The number of rotatable bonds is 3. The van der Waals surface area contributed by atoms with Gasteiger partial charge in [0.05, 0.1) is 17.3 Å². The SMILES string of the molecule is Cn1cnc(CNC(=O)N2CCN(c3ccccc3Cl)CC2)n1. The first kappa shape index (κ1) is 15.6.